The van der Waals surface area contributed by atoms with Crippen molar-refractivity contribution in [3.8, 4) is 0 Å². The van der Waals surface area contributed by atoms with E-state index < -0.39 is 0 Å². The number of carbonyl (C=O) groups excluding carboxylic acids is 2. The number of morpholine rings is 1. The average molecular weight is 314 g/mol. The summed E-state index contributed by atoms with van der Waals surface area (Å²) in [5, 5.41) is 4.83. The van der Waals surface area contributed by atoms with Crippen molar-refractivity contribution in [3.05, 3.63) is 22.4 Å². The Hall–Kier alpha value is -1.05. The lowest BCUT2D eigenvalue weighted by molar-refractivity contribution is -0.132. The Bertz CT molecular complexity index is 431. The molecular weight excluding hydrogens is 296 g/mol. The van der Waals surface area contributed by atoms with Gasteiger partial charge >= 0.3 is 0 Å². The van der Waals surface area contributed by atoms with Gasteiger partial charge in [0.2, 0.25) is 11.8 Å². The maximum absolute atomic E-state index is 11.8. The highest BCUT2D eigenvalue weighted by molar-refractivity contribution is 8.00. The molecule has 2 heterocycles. The number of ether oxygens (including phenoxy) is 1. The van der Waals surface area contributed by atoms with E-state index in [2.05, 4.69) is 5.32 Å². The first-order valence-electron chi connectivity index (χ1n) is 6.48. The molecule has 0 aliphatic carbocycles. The largest absolute Gasteiger partial charge is 0.378 e. The predicted octanol–water partition coefficient (Wildman–Crippen LogP) is 0.956. The van der Waals surface area contributed by atoms with E-state index in [1.54, 1.807) is 16.2 Å². The standard InChI is InChI=1S/C13H18N2O3S2/c16-12(14-8-11-2-1-7-20-11)9-19-10-13(17)15-3-5-18-6-4-15/h1-2,7H,3-6,8-10H2,(H,14,16). The predicted molar refractivity (Wildman–Crippen MR) is 80.9 cm³/mol. The summed E-state index contributed by atoms with van der Waals surface area (Å²) < 4.78 is 5.20. The van der Waals surface area contributed by atoms with Crippen LogP contribution in [0.3, 0.4) is 0 Å². The molecule has 110 valence electrons. The molecule has 0 atom stereocenters. The first-order valence-corrected chi connectivity index (χ1v) is 8.51. The van der Waals surface area contributed by atoms with Gasteiger partial charge in [0.15, 0.2) is 0 Å². The molecule has 0 aromatic carbocycles. The van der Waals surface area contributed by atoms with Crippen molar-refractivity contribution in [2.75, 3.05) is 37.8 Å². The van der Waals surface area contributed by atoms with Crippen LogP contribution in [0, 0.1) is 0 Å². The number of nitrogens with zero attached hydrogens (tertiary/aromatic N) is 1. The molecule has 1 saturated heterocycles. The van der Waals surface area contributed by atoms with Gasteiger partial charge in [-0.15, -0.1) is 23.1 Å². The Morgan fingerprint density at radius 3 is 2.85 bits per heavy atom. The lowest BCUT2D eigenvalue weighted by Gasteiger charge is -2.26. The zero-order chi connectivity index (χ0) is 14.2. The van der Waals surface area contributed by atoms with Gasteiger partial charge in [-0.1, -0.05) is 6.07 Å². The van der Waals surface area contributed by atoms with Gasteiger partial charge in [-0.2, -0.15) is 0 Å². The summed E-state index contributed by atoms with van der Waals surface area (Å²) in [6.45, 7) is 3.10. The minimum Gasteiger partial charge on any atom is -0.378 e. The number of thiophene rings is 1. The molecule has 1 N–H and O–H groups in total. The fraction of sp³-hybridized carbons (Fsp3) is 0.538. The fourth-order valence-electron chi connectivity index (χ4n) is 1.78. The van der Waals surface area contributed by atoms with Gasteiger partial charge in [0.25, 0.3) is 0 Å². The smallest absolute Gasteiger partial charge is 0.232 e. The molecule has 0 bridgehead atoms. The van der Waals surface area contributed by atoms with Gasteiger partial charge in [-0.3, -0.25) is 9.59 Å². The Morgan fingerprint density at radius 2 is 2.15 bits per heavy atom. The summed E-state index contributed by atoms with van der Waals surface area (Å²) in [4.78, 5) is 26.4. The number of amides is 2. The molecule has 0 unspecified atom stereocenters. The number of hydrogen-bond donors (Lipinski definition) is 1. The van der Waals surface area contributed by atoms with Crippen LogP contribution in [0.5, 0.6) is 0 Å². The third kappa shape index (κ3) is 5.15. The second-order valence-electron chi connectivity index (χ2n) is 4.34. The lowest BCUT2D eigenvalue weighted by Crippen LogP contribution is -2.41. The summed E-state index contributed by atoms with van der Waals surface area (Å²) >= 11 is 2.98. The third-order valence-corrected chi connectivity index (χ3v) is 4.66. The maximum Gasteiger partial charge on any atom is 0.232 e. The van der Waals surface area contributed by atoms with Crippen LogP contribution in [0.15, 0.2) is 17.5 Å². The molecule has 1 aromatic heterocycles. The quantitative estimate of drug-likeness (QED) is 0.849. The Morgan fingerprint density at radius 1 is 1.35 bits per heavy atom. The highest BCUT2D eigenvalue weighted by Crippen LogP contribution is 2.08. The number of carbonyl (C=O) groups is 2. The van der Waals surface area contributed by atoms with Crippen LogP contribution in [0.25, 0.3) is 0 Å². The molecule has 0 saturated carbocycles. The van der Waals surface area contributed by atoms with Gasteiger partial charge in [0.1, 0.15) is 0 Å². The van der Waals surface area contributed by atoms with Crippen molar-refractivity contribution in [3.63, 3.8) is 0 Å². The van der Waals surface area contributed by atoms with Crippen molar-refractivity contribution >= 4 is 34.9 Å². The Kier molecular flexibility index (Phi) is 6.35. The van der Waals surface area contributed by atoms with Crippen LogP contribution >= 0.6 is 23.1 Å². The van der Waals surface area contributed by atoms with Crippen LogP contribution in [0.2, 0.25) is 0 Å². The molecule has 0 spiro atoms. The van der Waals surface area contributed by atoms with E-state index in [0.29, 0.717) is 44.4 Å². The lowest BCUT2D eigenvalue weighted by atomic mass is 10.4. The van der Waals surface area contributed by atoms with Gasteiger partial charge in [0, 0.05) is 18.0 Å². The van der Waals surface area contributed by atoms with Gasteiger partial charge in [-0.25, -0.2) is 0 Å². The molecule has 5 nitrogen and oxygen atoms in total. The first-order chi connectivity index (χ1) is 9.75. The van der Waals surface area contributed by atoms with E-state index in [0.717, 1.165) is 4.88 Å². The van der Waals surface area contributed by atoms with Crippen LogP contribution in [0.1, 0.15) is 4.88 Å². The Labute approximate surface area is 126 Å². The van der Waals surface area contributed by atoms with E-state index in [1.165, 1.54) is 11.8 Å². The minimum absolute atomic E-state index is 0.0295. The van der Waals surface area contributed by atoms with Gasteiger partial charge in [0.05, 0.1) is 31.3 Å². The minimum atomic E-state index is -0.0295. The summed E-state index contributed by atoms with van der Waals surface area (Å²) in [5.41, 5.74) is 0. The molecule has 0 radical (unpaired) electrons. The fourth-order valence-corrected chi connectivity index (χ4v) is 3.18. The second kappa shape index (κ2) is 8.28. The van der Waals surface area contributed by atoms with Crippen molar-refractivity contribution in [2.45, 2.75) is 6.54 Å². The highest BCUT2D eigenvalue weighted by Gasteiger charge is 2.16. The summed E-state index contributed by atoms with van der Waals surface area (Å²) in [7, 11) is 0. The van der Waals surface area contributed by atoms with Crippen molar-refractivity contribution in [2.24, 2.45) is 0 Å². The second-order valence-corrected chi connectivity index (χ2v) is 6.36. The molecule has 1 aromatic rings. The zero-order valence-electron chi connectivity index (χ0n) is 11.2. The van der Waals surface area contributed by atoms with Crippen LogP contribution in [0.4, 0.5) is 0 Å². The molecule has 1 fully saturated rings. The topological polar surface area (TPSA) is 58.6 Å². The SMILES string of the molecule is O=C(CSCC(=O)N1CCOCC1)NCc1cccs1. The van der Waals surface area contributed by atoms with E-state index in [4.69, 9.17) is 4.74 Å². The molecule has 1 aliphatic heterocycles. The number of rotatable bonds is 6. The number of hydrogen-bond acceptors (Lipinski definition) is 5. The third-order valence-electron chi connectivity index (χ3n) is 2.86. The first kappa shape index (κ1) is 15.3. The monoisotopic (exact) mass is 314 g/mol. The number of nitrogens with one attached hydrogen (secondary N) is 1. The van der Waals surface area contributed by atoms with Crippen LogP contribution < -0.4 is 5.32 Å². The summed E-state index contributed by atoms with van der Waals surface area (Å²) in [5.74, 6) is 0.732. The normalized spacial score (nSPS) is 15.1. The number of thioether (sulfide) groups is 1. The average Bonchev–Trinajstić information content (AvgIpc) is 2.99. The molecule has 7 heteroatoms. The van der Waals surface area contributed by atoms with E-state index >= 15 is 0 Å². The van der Waals surface area contributed by atoms with E-state index in [1.807, 2.05) is 17.5 Å². The zero-order valence-corrected chi connectivity index (χ0v) is 12.8. The molecule has 2 rings (SSSR count). The van der Waals surface area contributed by atoms with Gasteiger partial charge < -0.3 is 15.0 Å². The van der Waals surface area contributed by atoms with Gasteiger partial charge in [-0.05, 0) is 11.4 Å². The van der Waals surface area contributed by atoms with Crippen LogP contribution in [-0.4, -0.2) is 54.5 Å². The van der Waals surface area contributed by atoms with Crippen molar-refractivity contribution < 1.29 is 14.3 Å². The van der Waals surface area contributed by atoms with Crippen molar-refractivity contribution in [1.82, 2.24) is 10.2 Å². The highest BCUT2D eigenvalue weighted by atomic mass is 32.2. The van der Waals surface area contributed by atoms with E-state index in [-0.39, 0.29) is 11.8 Å². The Balaban J connectivity index is 1.57. The van der Waals surface area contributed by atoms with E-state index in [9.17, 15) is 9.59 Å². The molecule has 1 aliphatic rings. The summed E-state index contributed by atoms with van der Waals surface area (Å²) in [6.07, 6.45) is 0. The molecular formula is C13H18N2O3S2. The maximum atomic E-state index is 11.8. The van der Waals surface area contributed by atoms with Crippen LogP contribution in [-0.2, 0) is 20.9 Å². The molecule has 20 heavy (non-hydrogen) atoms. The molecule has 2 amide bonds. The summed E-state index contributed by atoms with van der Waals surface area (Å²) in [6, 6.07) is 3.95. The van der Waals surface area contributed by atoms with Crippen molar-refractivity contribution in [1.29, 1.82) is 0 Å².